The number of aromatic nitrogens is 1. The van der Waals surface area contributed by atoms with E-state index in [0.29, 0.717) is 18.5 Å². The highest BCUT2D eigenvalue weighted by Crippen LogP contribution is 2.43. The Hall–Kier alpha value is -4.05. The number of nitrogens with zero attached hydrogens (tertiary/aromatic N) is 3. The fourth-order valence-electron chi connectivity index (χ4n) is 7.08. The van der Waals surface area contributed by atoms with Gasteiger partial charge in [0.15, 0.2) is 11.4 Å². The van der Waals surface area contributed by atoms with Gasteiger partial charge >= 0.3 is 0 Å². The molecule has 3 atom stereocenters. The first kappa shape index (κ1) is 27.8. The molecule has 0 spiro atoms. The summed E-state index contributed by atoms with van der Waals surface area (Å²) in [4.78, 5) is 46.2. The zero-order chi connectivity index (χ0) is 29.7. The van der Waals surface area contributed by atoms with Crippen LogP contribution in [0.2, 0.25) is 0 Å². The Morgan fingerprint density at radius 3 is 2.53 bits per heavy atom. The monoisotopic (exact) mass is 588 g/mol. The molecule has 2 aliphatic heterocycles. The quantitative estimate of drug-likeness (QED) is 0.441. The Morgan fingerprint density at radius 1 is 0.977 bits per heavy atom. The lowest BCUT2D eigenvalue weighted by molar-refractivity contribution is -0.0773. The number of rotatable bonds is 7. The molecule has 2 aliphatic carbocycles. The Bertz CT molecular complexity index is 1620. The van der Waals surface area contributed by atoms with E-state index in [1.54, 1.807) is 4.57 Å². The molecule has 7 rings (SSSR count). The van der Waals surface area contributed by atoms with Crippen molar-refractivity contribution in [1.82, 2.24) is 19.7 Å². The van der Waals surface area contributed by atoms with Crippen LogP contribution in [0.25, 0.3) is 0 Å². The predicted molar refractivity (Wildman–Crippen MR) is 154 cm³/mol. The van der Waals surface area contributed by atoms with Crippen LogP contribution in [0.3, 0.4) is 0 Å². The molecular formula is C33H34F2N4O4. The van der Waals surface area contributed by atoms with Crippen LogP contribution in [0, 0.1) is 17.6 Å². The number of benzene rings is 2. The summed E-state index contributed by atoms with van der Waals surface area (Å²) < 4.78 is 35.4. The minimum Gasteiger partial charge on any atom is -0.483 e. The molecule has 43 heavy (non-hydrogen) atoms. The number of ether oxygens (including phenoxy) is 1. The van der Waals surface area contributed by atoms with Crippen LogP contribution >= 0.6 is 0 Å². The number of hydrogen-bond donors (Lipinski definition) is 1. The Balaban J connectivity index is 1.26. The lowest BCUT2D eigenvalue weighted by Crippen LogP contribution is -2.68. The first-order valence-electron chi connectivity index (χ1n) is 15.1. The standard InChI is InChI=1S/C33H34F2N4O4/c34-23-11-10-21(26(35)14-23)15-36-32(41)25-17-37-18-28-38(24-12-13-24)16-22-8-4-5-9-27(22)39(28)33(42)29(37)31(30(25)40)43-19-20-6-2-1-3-7-20/h1-3,6-7,10-11,14,17,22,24,27-28H,4-5,8-9,12-13,15-16,18-19H2,(H,36,41)/t22-,27-,28-/m0/s1. The lowest BCUT2D eigenvalue weighted by Gasteiger charge is -2.55. The summed E-state index contributed by atoms with van der Waals surface area (Å²) >= 11 is 0. The number of carbonyl (C=O) groups is 2. The molecule has 3 heterocycles. The third-order valence-corrected chi connectivity index (χ3v) is 9.35. The van der Waals surface area contributed by atoms with Crippen molar-refractivity contribution in [2.24, 2.45) is 5.92 Å². The molecule has 10 heteroatoms. The van der Waals surface area contributed by atoms with Crippen LogP contribution in [0.4, 0.5) is 8.78 Å². The van der Waals surface area contributed by atoms with Crippen LogP contribution in [-0.4, -0.2) is 51.0 Å². The summed E-state index contributed by atoms with van der Waals surface area (Å²) in [5.74, 6) is -2.22. The number of amides is 2. The number of nitrogens with one attached hydrogen (secondary N) is 1. The van der Waals surface area contributed by atoms with Gasteiger partial charge in [-0.05, 0) is 43.2 Å². The number of carbonyl (C=O) groups excluding carboxylic acids is 2. The second kappa shape index (κ2) is 11.2. The van der Waals surface area contributed by atoms with E-state index in [2.05, 4.69) is 10.2 Å². The molecule has 2 aromatic carbocycles. The van der Waals surface area contributed by atoms with Crippen LogP contribution in [0.5, 0.6) is 5.75 Å². The second-order valence-corrected chi connectivity index (χ2v) is 12.1. The number of fused-ring (bicyclic) bond motifs is 4. The van der Waals surface area contributed by atoms with Gasteiger partial charge in [-0.2, -0.15) is 0 Å². The average molecular weight is 589 g/mol. The van der Waals surface area contributed by atoms with Crippen LogP contribution in [0.1, 0.15) is 70.5 Å². The molecule has 3 fully saturated rings. The van der Waals surface area contributed by atoms with Gasteiger partial charge in [-0.15, -0.1) is 0 Å². The van der Waals surface area contributed by atoms with Crippen LogP contribution in [-0.2, 0) is 19.7 Å². The maximum Gasteiger partial charge on any atom is 0.276 e. The van der Waals surface area contributed by atoms with E-state index >= 15 is 0 Å². The SMILES string of the molecule is O=C(NCc1ccc(F)cc1F)c1cn2c(c(OCc3ccccc3)c1=O)C(=O)N1[C@H]3CCCC[C@H]3CN(C3CC3)[C@@H]1C2. The smallest absolute Gasteiger partial charge is 0.276 e. The minimum atomic E-state index is -0.793. The fourth-order valence-corrected chi connectivity index (χ4v) is 7.08. The Morgan fingerprint density at radius 2 is 1.77 bits per heavy atom. The summed E-state index contributed by atoms with van der Waals surface area (Å²) in [5, 5.41) is 2.59. The van der Waals surface area contributed by atoms with Crippen LogP contribution < -0.4 is 15.5 Å². The molecule has 2 saturated carbocycles. The molecule has 0 unspecified atom stereocenters. The first-order valence-corrected chi connectivity index (χ1v) is 15.1. The largest absolute Gasteiger partial charge is 0.483 e. The van der Waals surface area contributed by atoms with Gasteiger partial charge in [-0.25, -0.2) is 8.78 Å². The number of hydrogen-bond acceptors (Lipinski definition) is 5. The number of pyridine rings is 1. The average Bonchev–Trinajstić information content (AvgIpc) is 3.86. The van der Waals surface area contributed by atoms with Gasteiger partial charge in [0.05, 0.1) is 6.54 Å². The highest BCUT2D eigenvalue weighted by atomic mass is 19.1. The van der Waals surface area contributed by atoms with Gasteiger partial charge in [0, 0.05) is 43.0 Å². The Kier molecular flexibility index (Phi) is 7.25. The van der Waals surface area contributed by atoms with E-state index in [0.717, 1.165) is 62.8 Å². The summed E-state index contributed by atoms with van der Waals surface area (Å²) in [7, 11) is 0. The van der Waals surface area contributed by atoms with Gasteiger partial charge in [0.25, 0.3) is 11.8 Å². The van der Waals surface area contributed by atoms with Crippen molar-refractivity contribution in [1.29, 1.82) is 0 Å². The zero-order valence-electron chi connectivity index (χ0n) is 23.8. The van der Waals surface area contributed by atoms with E-state index in [1.165, 1.54) is 12.3 Å². The molecule has 8 nitrogen and oxygen atoms in total. The first-order chi connectivity index (χ1) is 20.9. The third-order valence-electron chi connectivity index (χ3n) is 9.35. The summed E-state index contributed by atoms with van der Waals surface area (Å²) in [6.45, 7) is 1.18. The molecule has 2 amide bonds. The predicted octanol–water partition coefficient (Wildman–Crippen LogP) is 4.45. The molecule has 1 saturated heterocycles. The van der Waals surface area contributed by atoms with Gasteiger partial charge in [-0.3, -0.25) is 19.3 Å². The normalized spacial score (nSPS) is 23.3. The lowest BCUT2D eigenvalue weighted by atomic mass is 9.80. The van der Waals surface area contributed by atoms with Gasteiger partial charge in [0.1, 0.15) is 30.0 Å². The van der Waals surface area contributed by atoms with E-state index in [1.807, 2.05) is 35.2 Å². The molecule has 1 aromatic heterocycles. The molecule has 1 N–H and O–H groups in total. The summed E-state index contributed by atoms with van der Waals surface area (Å²) in [6, 6.07) is 13.0. The maximum atomic E-state index is 14.4. The van der Waals surface area contributed by atoms with Crippen LogP contribution in [0.15, 0.2) is 59.5 Å². The molecule has 0 radical (unpaired) electrons. The van der Waals surface area contributed by atoms with Crippen molar-refractivity contribution in [3.63, 3.8) is 0 Å². The molecule has 0 bridgehead atoms. The summed E-state index contributed by atoms with van der Waals surface area (Å²) in [5.41, 5.74) is 0.180. The highest BCUT2D eigenvalue weighted by Gasteiger charge is 2.51. The van der Waals surface area contributed by atoms with Gasteiger partial charge in [0.2, 0.25) is 5.43 Å². The zero-order valence-corrected chi connectivity index (χ0v) is 23.8. The molecule has 4 aliphatic rings. The van der Waals surface area contributed by atoms with Gasteiger partial charge < -0.3 is 19.5 Å². The molecular weight excluding hydrogens is 554 g/mol. The maximum absolute atomic E-state index is 14.4. The summed E-state index contributed by atoms with van der Waals surface area (Å²) in [6.07, 6.45) is 7.74. The van der Waals surface area contributed by atoms with Crippen molar-refractivity contribution in [3.8, 4) is 5.75 Å². The second-order valence-electron chi connectivity index (χ2n) is 12.1. The van der Waals surface area contributed by atoms with Crippen molar-refractivity contribution in [3.05, 3.63) is 99.0 Å². The number of halogens is 2. The third kappa shape index (κ3) is 5.22. The van der Waals surface area contributed by atoms with E-state index in [9.17, 15) is 23.2 Å². The minimum absolute atomic E-state index is 0.0475. The van der Waals surface area contributed by atoms with Crippen molar-refractivity contribution < 1.29 is 23.1 Å². The van der Waals surface area contributed by atoms with E-state index in [4.69, 9.17) is 4.74 Å². The van der Waals surface area contributed by atoms with E-state index in [-0.39, 0.29) is 53.8 Å². The molecule has 224 valence electrons. The fraction of sp³-hybridized carbons (Fsp3) is 0.424. The van der Waals surface area contributed by atoms with Gasteiger partial charge in [-0.1, -0.05) is 49.2 Å². The van der Waals surface area contributed by atoms with Crippen molar-refractivity contribution in [2.45, 2.75) is 76.5 Å². The van der Waals surface area contributed by atoms with E-state index < -0.39 is 23.0 Å². The van der Waals surface area contributed by atoms with Crippen molar-refractivity contribution in [2.75, 3.05) is 6.54 Å². The molecule has 3 aromatic rings. The highest BCUT2D eigenvalue weighted by molar-refractivity contribution is 5.99. The topological polar surface area (TPSA) is 83.9 Å². The van der Waals surface area contributed by atoms with Crippen molar-refractivity contribution >= 4 is 11.8 Å². The Labute approximate surface area is 248 Å².